The monoisotopic (exact) mass is 361 g/mol. The Morgan fingerprint density at radius 2 is 1.96 bits per heavy atom. The number of nitrogens with zero attached hydrogens (tertiary/aromatic N) is 1. The summed E-state index contributed by atoms with van der Waals surface area (Å²) in [6.45, 7) is 3.89. The lowest BCUT2D eigenvalue weighted by molar-refractivity contribution is -0.118. The highest BCUT2D eigenvalue weighted by molar-refractivity contribution is 7.99. The number of amides is 1. The van der Waals surface area contributed by atoms with Crippen molar-refractivity contribution < 1.29 is 4.79 Å². The van der Waals surface area contributed by atoms with E-state index in [0.717, 1.165) is 38.2 Å². The molecule has 1 aliphatic carbocycles. The van der Waals surface area contributed by atoms with Gasteiger partial charge in [0.2, 0.25) is 5.91 Å². The molecule has 0 bridgehead atoms. The van der Waals surface area contributed by atoms with E-state index in [-0.39, 0.29) is 11.3 Å². The lowest BCUT2D eigenvalue weighted by Crippen LogP contribution is -2.36. The fourth-order valence-electron chi connectivity index (χ4n) is 4.07. The molecule has 1 aromatic rings. The maximum Gasteiger partial charge on any atom is 0.224 e. The molecule has 0 radical (unpaired) electrons. The average molecular weight is 362 g/mol. The molecule has 3 rings (SSSR count). The van der Waals surface area contributed by atoms with E-state index in [1.807, 2.05) is 23.9 Å². The highest BCUT2D eigenvalue weighted by Gasteiger charge is 2.32. The SMILES string of the molecule is NCC1(CC(=O)Nc2cccc(CN3CCSCC3)c2)CCCCC1. The van der Waals surface area contributed by atoms with Crippen molar-refractivity contribution in [2.24, 2.45) is 11.1 Å². The molecular weight excluding hydrogens is 330 g/mol. The van der Waals surface area contributed by atoms with Crippen molar-refractivity contribution in [3.63, 3.8) is 0 Å². The molecule has 0 aromatic heterocycles. The maximum absolute atomic E-state index is 12.6. The summed E-state index contributed by atoms with van der Waals surface area (Å²) in [5, 5.41) is 3.11. The zero-order chi connectivity index (χ0) is 17.5. The number of thioether (sulfide) groups is 1. The number of carbonyl (C=O) groups excluding carboxylic acids is 1. The number of nitrogens with two attached hydrogens (primary N) is 1. The lowest BCUT2D eigenvalue weighted by Gasteiger charge is -2.35. The second-order valence-electron chi connectivity index (χ2n) is 7.58. The Hall–Kier alpha value is -1.04. The van der Waals surface area contributed by atoms with Crippen LogP contribution in [-0.4, -0.2) is 41.9 Å². The van der Waals surface area contributed by atoms with Crippen LogP contribution in [0, 0.1) is 5.41 Å². The third-order valence-electron chi connectivity index (χ3n) is 5.60. The van der Waals surface area contributed by atoms with Crippen LogP contribution in [0.3, 0.4) is 0 Å². The summed E-state index contributed by atoms with van der Waals surface area (Å²) in [4.78, 5) is 15.1. The van der Waals surface area contributed by atoms with Gasteiger partial charge in [-0.2, -0.15) is 11.8 Å². The van der Waals surface area contributed by atoms with Gasteiger partial charge in [0.25, 0.3) is 0 Å². The smallest absolute Gasteiger partial charge is 0.224 e. The van der Waals surface area contributed by atoms with Gasteiger partial charge in [-0.25, -0.2) is 0 Å². The number of rotatable bonds is 6. The Morgan fingerprint density at radius 3 is 2.68 bits per heavy atom. The summed E-state index contributed by atoms with van der Waals surface area (Å²) < 4.78 is 0. The number of carbonyl (C=O) groups is 1. The largest absolute Gasteiger partial charge is 0.330 e. The van der Waals surface area contributed by atoms with E-state index < -0.39 is 0 Å². The summed E-state index contributed by atoms with van der Waals surface area (Å²) >= 11 is 2.03. The fourth-order valence-corrected chi connectivity index (χ4v) is 5.04. The van der Waals surface area contributed by atoms with Crippen molar-refractivity contribution in [3.8, 4) is 0 Å². The fraction of sp³-hybridized carbons (Fsp3) is 0.650. The first kappa shape index (κ1) is 18.7. The second kappa shape index (κ2) is 9.06. The van der Waals surface area contributed by atoms with E-state index in [2.05, 4.69) is 22.3 Å². The number of benzene rings is 1. The molecule has 1 aliphatic heterocycles. The molecule has 0 atom stereocenters. The molecule has 0 unspecified atom stereocenters. The highest BCUT2D eigenvalue weighted by atomic mass is 32.2. The topological polar surface area (TPSA) is 58.4 Å². The van der Waals surface area contributed by atoms with E-state index in [9.17, 15) is 4.79 Å². The molecule has 138 valence electrons. The molecule has 25 heavy (non-hydrogen) atoms. The molecule has 1 amide bonds. The Labute approximate surface area is 155 Å². The van der Waals surface area contributed by atoms with Crippen LogP contribution in [-0.2, 0) is 11.3 Å². The Morgan fingerprint density at radius 1 is 1.20 bits per heavy atom. The third kappa shape index (κ3) is 5.47. The first-order valence-corrected chi connectivity index (χ1v) is 10.7. The van der Waals surface area contributed by atoms with E-state index in [4.69, 9.17) is 5.73 Å². The van der Waals surface area contributed by atoms with Crippen molar-refractivity contribution in [1.29, 1.82) is 0 Å². The van der Waals surface area contributed by atoms with Crippen LogP contribution in [0.2, 0.25) is 0 Å². The molecule has 0 spiro atoms. The van der Waals surface area contributed by atoms with Gasteiger partial charge in [0, 0.05) is 43.2 Å². The number of hydrogen-bond donors (Lipinski definition) is 2. The molecule has 3 N–H and O–H groups in total. The molecule has 1 saturated heterocycles. The molecule has 1 heterocycles. The van der Waals surface area contributed by atoms with Crippen molar-refractivity contribution in [2.75, 3.05) is 36.5 Å². The Bertz CT molecular complexity index is 566. The van der Waals surface area contributed by atoms with Crippen LogP contribution < -0.4 is 11.1 Å². The van der Waals surface area contributed by atoms with Crippen LogP contribution in [0.1, 0.15) is 44.1 Å². The zero-order valence-electron chi connectivity index (χ0n) is 15.1. The van der Waals surface area contributed by atoms with Gasteiger partial charge in [-0.3, -0.25) is 9.69 Å². The molecule has 1 aromatic carbocycles. The average Bonchev–Trinajstić information content (AvgIpc) is 2.63. The third-order valence-corrected chi connectivity index (χ3v) is 6.55. The quantitative estimate of drug-likeness (QED) is 0.814. The normalized spacial score (nSPS) is 21.0. The maximum atomic E-state index is 12.6. The number of hydrogen-bond acceptors (Lipinski definition) is 4. The van der Waals surface area contributed by atoms with Crippen LogP contribution in [0.5, 0.6) is 0 Å². The van der Waals surface area contributed by atoms with E-state index in [0.29, 0.717) is 13.0 Å². The Balaban J connectivity index is 1.56. The van der Waals surface area contributed by atoms with Gasteiger partial charge in [0.05, 0.1) is 0 Å². The molecule has 1 saturated carbocycles. The van der Waals surface area contributed by atoms with Crippen molar-refractivity contribution in [1.82, 2.24) is 4.90 Å². The van der Waals surface area contributed by atoms with Crippen LogP contribution in [0.25, 0.3) is 0 Å². The standard InChI is InChI=1S/C20H31N3OS/c21-16-20(7-2-1-3-8-20)14-19(24)22-18-6-4-5-17(13-18)15-23-9-11-25-12-10-23/h4-6,13H,1-3,7-12,14-16,21H2,(H,22,24). The van der Waals surface area contributed by atoms with Crippen LogP contribution >= 0.6 is 11.8 Å². The minimum Gasteiger partial charge on any atom is -0.330 e. The van der Waals surface area contributed by atoms with Gasteiger partial charge in [0.1, 0.15) is 0 Å². The number of nitrogens with one attached hydrogen (secondary N) is 1. The van der Waals surface area contributed by atoms with Gasteiger partial charge in [0.15, 0.2) is 0 Å². The highest BCUT2D eigenvalue weighted by Crippen LogP contribution is 2.38. The first-order chi connectivity index (χ1) is 12.2. The van der Waals surface area contributed by atoms with Gasteiger partial charge in [-0.1, -0.05) is 31.4 Å². The summed E-state index contributed by atoms with van der Waals surface area (Å²) in [7, 11) is 0. The summed E-state index contributed by atoms with van der Waals surface area (Å²) in [6, 6.07) is 8.31. The molecule has 5 heteroatoms. The number of anilines is 1. The van der Waals surface area contributed by atoms with Crippen molar-refractivity contribution in [3.05, 3.63) is 29.8 Å². The molecule has 2 aliphatic rings. The molecule has 2 fully saturated rings. The van der Waals surface area contributed by atoms with Gasteiger partial charge in [-0.05, 0) is 42.5 Å². The first-order valence-electron chi connectivity index (χ1n) is 9.58. The van der Waals surface area contributed by atoms with Crippen LogP contribution in [0.4, 0.5) is 5.69 Å². The minimum absolute atomic E-state index is 0.0193. The van der Waals surface area contributed by atoms with E-state index in [1.165, 1.54) is 36.3 Å². The van der Waals surface area contributed by atoms with E-state index in [1.54, 1.807) is 0 Å². The van der Waals surface area contributed by atoms with Crippen LogP contribution in [0.15, 0.2) is 24.3 Å². The zero-order valence-corrected chi connectivity index (χ0v) is 16.0. The predicted octanol–water partition coefficient (Wildman–Crippen LogP) is 3.47. The summed E-state index contributed by atoms with van der Waals surface area (Å²) in [6.07, 6.45) is 6.41. The lowest BCUT2D eigenvalue weighted by atomic mass is 9.71. The Kier molecular flexibility index (Phi) is 6.79. The molecular formula is C20H31N3OS. The molecule has 4 nitrogen and oxygen atoms in total. The van der Waals surface area contributed by atoms with E-state index >= 15 is 0 Å². The predicted molar refractivity (Wildman–Crippen MR) is 107 cm³/mol. The van der Waals surface area contributed by atoms with Gasteiger partial charge < -0.3 is 11.1 Å². The van der Waals surface area contributed by atoms with Gasteiger partial charge >= 0.3 is 0 Å². The summed E-state index contributed by atoms with van der Waals surface area (Å²) in [5.41, 5.74) is 8.23. The van der Waals surface area contributed by atoms with Crippen molar-refractivity contribution in [2.45, 2.75) is 45.1 Å². The summed E-state index contributed by atoms with van der Waals surface area (Å²) in [5.74, 6) is 2.55. The second-order valence-corrected chi connectivity index (χ2v) is 8.80. The minimum atomic E-state index is 0.0193. The van der Waals surface area contributed by atoms with Gasteiger partial charge in [-0.15, -0.1) is 0 Å². The van der Waals surface area contributed by atoms with Crippen molar-refractivity contribution >= 4 is 23.4 Å².